The number of amides is 1. The minimum Gasteiger partial charge on any atom is -0.346 e. The van der Waals surface area contributed by atoms with Crippen molar-refractivity contribution in [3.05, 3.63) is 23.5 Å². The van der Waals surface area contributed by atoms with Gasteiger partial charge in [-0.15, -0.1) is 5.10 Å². The predicted octanol–water partition coefficient (Wildman–Crippen LogP) is 0.00152. The van der Waals surface area contributed by atoms with E-state index in [0.717, 1.165) is 62.8 Å². The molecule has 1 aliphatic rings. The van der Waals surface area contributed by atoms with Gasteiger partial charge in [0.25, 0.3) is 0 Å². The van der Waals surface area contributed by atoms with E-state index in [1.54, 1.807) is 0 Å². The van der Waals surface area contributed by atoms with Crippen LogP contribution in [0.1, 0.15) is 30.6 Å². The van der Waals surface area contributed by atoms with E-state index >= 15 is 0 Å². The van der Waals surface area contributed by atoms with E-state index in [2.05, 4.69) is 44.2 Å². The highest BCUT2D eigenvalue weighted by molar-refractivity contribution is 5.75. The number of aromatic amines is 1. The Balaban J connectivity index is 1.54. The Bertz CT molecular complexity index is 665. The van der Waals surface area contributed by atoms with Crippen molar-refractivity contribution in [3.8, 4) is 0 Å². The second kappa shape index (κ2) is 7.52. The predicted molar refractivity (Wildman–Crippen MR) is 87.0 cm³/mol. The van der Waals surface area contributed by atoms with E-state index < -0.39 is 0 Å². The largest absolute Gasteiger partial charge is 0.346 e. The number of rotatable bonds is 5. The maximum absolute atomic E-state index is 12.4. The Labute approximate surface area is 141 Å². The van der Waals surface area contributed by atoms with Gasteiger partial charge in [-0.1, -0.05) is 6.92 Å². The summed E-state index contributed by atoms with van der Waals surface area (Å²) >= 11 is 0. The van der Waals surface area contributed by atoms with E-state index in [1.807, 2.05) is 4.90 Å². The normalized spacial score (nSPS) is 16.3. The lowest BCUT2D eigenvalue weighted by Crippen LogP contribution is -2.37. The lowest BCUT2D eigenvalue weighted by molar-refractivity contribution is -0.131. The first kappa shape index (κ1) is 16.6. The van der Waals surface area contributed by atoms with Gasteiger partial charge in [-0.3, -0.25) is 9.69 Å². The van der Waals surface area contributed by atoms with Crippen molar-refractivity contribution in [1.82, 2.24) is 40.0 Å². The fraction of sp³-hybridized carbons (Fsp3) is 0.667. The van der Waals surface area contributed by atoms with E-state index in [1.165, 1.54) is 11.0 Å². The summed E-state index contributed by atoms with van der Waals surface area (Å²) in [6.45, 7) is 8.53. The van der Waals surface area contributed by atoms with E-state index in [-0.39, 0.29) is 12.5 Å². The lowest BCUT2D eigenvalue weighted by Gasteiger charge is -2.21. The van der Waals surface area contributed by atoms with Gasteiger partial charge in [-0.05, 0) is 23.8 Å². The molecule has 2 aromatic rings. The van der Waals surface area contributed by atoms with Gasteiger partial charge in [0.2, 0.25) is 5.91 Å². The number of hydrogen-bond acceptors (Lipinski definition) is 6. The number of hydrogen-bond donors (Lipinski definition) is 1. The van der Waals surface area contributed by atoms with Crippen molar-refractivity contribution >= 4 is 5.91 Å². The Morgan fingerprint density at radius 1 is 1.29 bits per heavy atom. The molecular formula is C15H24N8O. The van der Waals surface area contributed by atoms with Crippen LogP contribution in [0.3, 0.4) is 0 Å². The maximum atomic E-state index is 12.4. The second-order valence-corrected chi connectivity index (χ2v) is 6.13. The quantitative estimate of drug-likeness (QED) is 0.828. The Kier molecular flexibility index (Phi) is 5.19. The van der Waals surface area contributed by atoms with Crippen molar-refractivity contribution < 1.29 is 4.79 Å². The van der Waals surface area contributed by atoms with Gasteiger partial charge < -0.3 is 9.88 Å². The summed E-state index contributed by atoms with van der Waals surface area (Å²) < 4.78 is 1.46. The van der Waals surface area contributed by atoms with E-state index in [9.17, 15) is 4.79 Å². The molecule has 130 valence electrons. The summed E-state index contributed by atoms with van der Waals surface area (Å²) in [6.07, 6.45) is 3.35. The number of tetrazole rings is 1. The molecule has 1 N–H and O–H groups in total. The molecule has 2 aromatic heterocycles. The van der Waals surface area contributed by atoms with Crippen LogP contribution in [0.15, 0.2) is 6.33 Å². The molecule has 0 spiro atoms. The molecule has 0 aliphatic carbocycles. The number of H-pyrrole nitrogens is 1. The number of carbonyl (C=O) groups excluding carboxylic acids is 1. The van der Waals surface area contributed by atoms with Gasteiger partial charge >= 0.3 is 0 Å². The fourth-order valence-corrected chi connectivity index (χ4v) is 2.97. The number of imidazole rings is 1. The average molecular weight is 332 g/mol. The Hall–Kier alpha value is -2.29. The average Bonchev–Trinajstić information content (AvgIpc) is 3.12. The highest BCUT2D eigenvalue weighted by Gasteiger charge is 2.20. The molecule has 0 aromatic carbocycles. The topological polar surface area (TPSA) is 95.8 Å². The van der Waals surface area contributed by atoms with Crippen molar-refractivity contribution in [2.75, 3.05) is 26.2 Å². The molecule has 0 radical (unpaired) electrons. The van der Waals surface area contributed by atoms with Crippen LogP contribution < -0.4 is 0 Å². The monoisotopic (exact) mass is 332 g/mol. The molecule has 1 saturated heterocycles. The Morgan fingerprint density at radius 3 is 2.88 bits per heavy atom. The number of nitrogens with one attached hydrogen (secondary N) is 1. The van der Waals surface area contributed by atoms with Gasteiger partial charge in [-0.2, -0.15) is 0 Å². The molecule has 0 unspecified atom stereocenters. The van der Waals surface area contributed by atoms with Crippen molar-refractivity contribution in [1.29, 1.82) is 0 Å². The zero-order valence-electron chi connectivity index (χ0n) is 14.3. The standard InChI is InChI=1S/C15H24N8O/c1-3-14-17-12(2)13(18-14)9-21-5-4-6-22(8-7-21)15(24)10-23-11-16-19-20-23/h11H,3-10H2,1-2H3,(H,17,18). The third kappa shape index (κ3) is 3.97. The number of carbonyl (C=O) groups is 1. The first-order valence-electron chi connectivity index (χ1n) is 8.41. The number of nitrogens with zero attached hydrogens (tertiary/aromatic N) is 7. The second-order valence-electron chi connectivity index (χ2n) is 6.13. The third-order valence-electron chi connectivity index (χ3n) is 4.37. The smallest absolute Gasteiger partial charge is 0.244 e. The molecule has 1 aliphatic heterocycles. The summed E-state index contributed by atoms with van der Waals surface area (Å²) in [5.41, 5.74) is 2.25. The van der Waals surface area contributed by atoms with E-state index in [0.29, 0.717) is 0 Å². The van der Waals surface area contributed by atoms with Gasteiger partial charge in [0, 0.05) is 44.8 Å². The maximum Gasteiger partial charge on any atom is 0.244 e. The first-order valence-corrected chi connectivity index (χ1v) is 8.41. The zero-order valence-corrected chi connectivity index (χ0v) is 14.3. The summed E-state index contributed by atoms with van der Waals surface area (Å²) in [4.78, 5) is 24.6. The molecule has 0 saturated carbocycles. The van der Waals surface area contributed by atoms with Crippen molar-refractivity contribution in [2.45, 2.75) is 39.8 Å². The van der Waals surface area contributed by atoms with Gasteiger partial charge in [0.15, 0.2) is 0 Å². The molecule has 3 heterocycles. The minimum atomic E-state index is 0.0633. The van der Waals surface area contributed by atoms with Crippen LogP contribution in [-0.4, -0.2) is 72.1 Å². The van der Waals surface area contributed by atoms with Crippen LogP contribution in [0.2, 0.25) is 0 Å². The van der Waals surface area contributed by atoms with E-state index in [4.69, 9.17) is 0 Å². The Morgan fingerprint density at radius 2 is 2.17 bits per heavy atom. The fourth-order valence-electron chi connectivity index (χ4n) is 2.97. The minimum absolute atomic E-state index is 0.0633. The summed E-state index contributed by atoms with van der Waals surface area (Å²) in [5.74, 6) is 1.10. The number of aromatic nitrogens is 6. The molecule has 3 rings (SSSR count). The van der Waals surface area contributed by atoms with Gasteiger partial charge in [0.05, 0.1) is 5.69 Å². The van der Waals surface area contributed by atoms with Crippen LogP contribution in [0, 0.1) is 6.92 Å². The van der Waals surface area contributed by atoms with Crippen LogP contribution in [0.5, 0.6) is 0 Å². The number of aryl methyl sites for hydroxylation is 2. The molecular weight excluding hydrogens is 308 g/mol. The summed E-state index contributed by atoms with van der Waals surface area (Å²) in [7, 11) is 0. The van der Waals surface area contributed by atoms with Crippen LogP contribution in [0.25, 0.3) is 0 Å². The van der Waals surface area contributed by atoms with Gasteiger partial charge in [-0.25, -0.2) is 9.67 Å². The molecule has 9 heteroatoms. The zero-order chi connectivity index (χ0) is 16.9. The van der Waals surface area contributed by atoms with Crippen LogP contribution in [0.4, 0.5) is 0 Å². The third-order valence-corrected chi connectivity index (χ3v) is 4.37. The van der Waals surface area contributed by atoms with Crippen LogP contribution >= 0.6 is 0 Å². The highest BCUT2D eigenvalue weighted by atomic mass is 16.2. The summed E-state index contributed by atoms with van der Waals surface area (Å²) in [6, 6.07) is 0. The molecule has 1 fully saturated rings. The lowest BCUT2D eigenvalue weighted by atomic mass is 10.3. The van der Waals surface area contributed by atoms with Gasteiger partial charge in [0.1, 0.15) is 18.7 Å². The molecule has 24 heavy (non-hydrogen) atoms. The van der Waals surface area contributed by atoms with Crippen molar-refractivity contribution in [2.24, 2.45) is 0 Å². The van der Waals surface area contributed by atoms with Crippen molar-refractivity contribution in [3.63, 3.8) is 0 Å². The van der Waals surface area contributed by atoms with Crippen LogP contribution in [-0.2, 0) is 24.3 Å². The molecule has 0 atom stereocenters. The highest BCUT2D eigenvalue weighted by Crippen LogP contribution is 2.12. The SMILES string of the molecule is CCc1nc(CN2CCCN(C(=O)Cn3cnnn3)CC2)c(C)[nH]1. The molecule has 0 bridgehead atoms. The molecule has 9 nitrogen and oxygen atoms in total. The molecule has 1 amide bonds. The first-order chi connectivity index (χ1) is 11.7. The summed E-state index contributed by atoms with van der Waals surface area (Å²) in [5, 5.41) is 10.9.